The van der Waals surface area contributed by atoms with Crippen LogP contribution in [-0.4, -0.2) is 0 Å². The van der Waals surface area contributed by atoms with Crippen LogP contribution in [-0.2, 0) is 0 Å². The third-order valence-electron chi connectivity index (χ3n) is 4.19. The molecule has 0 unspecified atom stereocenters. The SMILES string of the molecule is CCC(CC)C1(CCC#N)CCCC1. The normalized spacial score (nSPS) is 19.9. The third kappa shape index (κ3) is 2.29. The van der Waals surface area contributed by atoms with Crippen LogP contribution in [0.25, 0.3) is 0 Å². The van der Waals surface area contributed by atoms with Crippen molar-refractivity contribution in [3.8, 4) is 6.07 Å². The lowest BCUT2D eigenvalue weighted by Gasteiger charge is -2.36. The lowest BCUT2D eigenvalue weighted by Crippen LogP contribution is -2.26. The van der Waals surface area contributed by atoms with Gasteiger partial charge in [0.25, 0.3) is 0 Å². The Balaban J connectivity index is 2.65. The van der Waals surface area contributed by atoms with Gasteiger partial charge in [0.05, 0.1) is 6.07 Å². The molecule has 1 heteroatoms. The van der Waals surface area contributed by atoms with Gasteiger partial charge in [-0.2, -0.15) is 5.26 Å². The van der Waals surface area contributed by atoms with E-state index >= 15 is 0 Å². The van der Waals surface area contributed by atoms with Gasteiger partial charge in [-0.3, -0.25) is 0 Å². The van der Waals surface area contributed by atoms with Gasteiger partial charge in [-0.15, -0.1) is 0 Å². The van der Waals surface area contributed by atoms with Gasteiger partial charge < -0.3 is 0 Å². The van der Waals surface area contributed by atoms with Crippen molar-refractivity contribution in [1.82, 2.24) is 0 Å². The van der Waals surface area contributed by atoms with Crippen molar-refractivity contribution in [3.05, 3.63) is 0 Å². The standard InChI is InChI=1S/C13H23N/c1-3-12(4-2)13(10-7-11-14)8-5-6-9-13/h12H,3-10H2,1-2H3. The minimum atomic E-state index is 0.541. The summed E-state index contributed by atoms with van der Waals surface area (Å²) < 4.78 is 0. The Morgan fingerprint density at radius 3 is 2.21 bits per heavy atom. The van der Waals surface area contributed by atoms with Crippen LogP contribution in [0, 0.1) is 22.7 Å². The summed E-state index contributed by atoms with van der Waals surface area (Å²) in [6.07, 6.45) is 10.0. The summed E-state index contributed by atoms with van der Waals surface area (Å²) in [5, 5.41) is 8.72. The zero-order valence-corrected chi connectivity index (χ0v) is 9.68. The molecule has 0 bridgehead atoms. The highest BCUT2D eigenvalue weighted by Crippen LogP contribution is 2.50. The summed E-state index contributed by atoms with van der Waals surface area (Å²) in [7, 11) is 0. The van der Waals surface area contributed by atoms with E-state index in [-0.39, 0.29) is 0 Å². The van der Waals surface area contributed by atoms with E-state index in [0.717, 1.165) is 18.8 Å². The second-order valence-corrected chi connectivity index (χ2v) is 4.74. The molecule has 0 spiro atoms. The van der Waals surface area contributed by atoms with Gasteiger partial charge in [-0.1, -0.05) is 39.5 Å². The molecule has 0 N–H and O–H groups in total. The maximum atomic E-state index is 8.72. The molecule has 1 aliphatic rings. The number of nitriles is 1. The lowest BCUT2D eigenvalue weighted by molar-refractivity contribution is 0.142. The molecular formula is C13H23N. The monoisotopic (exact) mass is 193 g/mol. The van der Waals surface area contributed by atoms with Crippen molar-refractivity contribution in [3.63, 3.8) is 0 Å². The Labute approximate surface area is 88.5 Å². The van der Waals surface area contributed by atoms with Gasteiger partial charge in [0.15, 0.2) is 0 Å². The van der Waals surface area contributed by atoms with E-state index in [1.165, 1.54) is 38.5 Å². The lowest BCUT2D eigenvalue weighted by atomic mass is 9.68. The molecule has 1 fully saturated rings. The van der Waals surface area contributed by atoms with Crippen molar-refractivity contribution in [2.24, 2.45) is 11.3 Å². The Morgan fingerprint density at radius 2 is 1.79 bits per heavy atom. The molecule has 0 aromatic carbocycles. The highest BCUT2D eigenvalue weighted by Gasteiger charge is 2.38. The fourth-order valence-corrected chi connectivity index (χ4v) is 3.40. The number of rotatable bonds is 5. The fourth-order valence-electron chi connectivity index (χ4n) is 3.40. The van der Waals surface area contributed by atoms with E-state index in [2.05, 4.69) is 19.9 Å². The maximum Gasteiger partial charge on any atom is 0.0621 e. The number of hydrogen-bond acceptors (Lipinski definition) is 1. The fraction of sp³-hybridized carbons (Fsp3) is 0.923. The van der Waals surface area contributed by atoms with Gasteiger partial charge in [0.2, 0.25) is 0 Å². The average molecular weight is 193 g/mol. The van der Waals surface area contributed by atoms with E-state index in [0.29, 0.717) is 5.41 Å². The predicted molar refractivity (Wildman–Crippen MR) is 59.8 cm³/mol. The van der Waals surface area contributed by atoms with Crippen molar-refractivity contribution < 1.29 is 0 Å². The summed E-state index contributed by atoms with van der Waals surface area (Å²) in [6.45, 7) is 4.61. The number of hydrogen-bond donors (Lipinski definition) is 0. The third-order valence-corrected chi connectivity index (χ3v) is 4.19. The largest absolute Gasteiger partial charge is 0.198 e. The second-order valence-electron chi connectivity index (χ2n) is 4.74. The molecular weight excluding hydrogens is 170 g/mol. The Hall–Kier alpha value is -0.510. The van der Waals surface area contributed by atoms with E-state index in [9.17, 15) is 0 Å². The molecule has 14 heavy (non-hydrogen) atoms. The van der Waals surface area contributed by atoms with Gasteiger partial charge >= 0.3 is 0 Å². The molecule has 80 valence electrons. The van der Waals surface area contributed by atoms with Crippen LogP contribution in [0.3, 0.4) is 0 Å². The molecule has 1 rings (SSSR count). The first-order valence-corrected chi connectivity index (χ1v) is 6.16. The van der Waals surface area contributed by atoms with Crippen LogP contribution < -0.4 is 0 Å². The highest BCUT2D eigenvalue weighted by atomic mass is 14.4. The Morgan fingerprint density at radius 1 is 1.21 bits per heavy atom. The second kappa shape index (κ2) is 5.39. The molecule has 0 atom stereocenters. The smallest absolute Gasteiger partial charge is 0.0621 e. The first kappa shape index (κ1) is 11.6. The topological polar surface area (TPSA) is 23.8 Å². The summed E-state index contributed by atoms with van der Waals surface area (Å²) in [5.74, 6) is 0.860. The van der Waals surface area contributed by atoms with E-state index in [4.69, 9.17) is 5.26 Å². The van der Waals surface area contributed by atoms with E-state index < -0.39 is 0 Å². The molecule has 0 aliphatic heterocycles. The van der Waals surface area contributed by atoms with Crippen LogP contribution in [0.4, 0.5) is 0 Å². The van der Waals surface area contributed by atoms with Crippen molar-refractivity contribution in [1.29, 1.82) is 5.26 Å². The van der Waals surface area contributed by atoms with Crippen LogP contribution in [0.2, 0.25) is 0 Å². The van der Waals surface area contributed by atoms with Gasteiger partial charge in [-0.05, 0) is 30.6 Å². The van der Waals surface area contributed by atoms with Crippen molar-refractivity contribution in [2.75, 3.05) is 0 Å². The number of nitrogens with zero attached hydrogens (tertiary/aromatic N) is 1. The van der Waals surface area contributed by atoms with E-state index in [1.807, 2.05) is 0 Å². The van der Waals surface area contributed by atoms with Crippen LogP contribution in [0.1, 0.15) is 65.2 Å². The maximum absolute atomic E-state index is 8.72. The molecule has 0 radical (unpaired) electrons. The molecule has 0 aromatic rings. The average Bonchev–Trinajstić information content (AvgIpc) is 2.67. The molecule has 1 nitrogen and oxygen atoms in total. The van der Waals surface area contributed by atoms with Gasteiger partial charge in [0, 0.05) is 6.42 Å². The minimum absolute atomic E-state index is 0.541. The van der Waals surface area contributed by atoms with Crippen molar-refractivity contribution >= 4 is 0 Å². The predicted octanol–water partition coefficient (Wildman–Crippen LogP) is 4.29. The van der Waals surface area contributed by atoms with Crippen LogP contribution in [0.15, 0.2) is 0 Å². The molecule has 0 aromatic heterocycles. The quantitative estimate of drug-likeness (QED) is 0.639. The Kier molecular flexibility index (Phi) is 4.45. The van der Waals surface area contributed by atoms with Crippen LogP contribution >= 0.6 is 0 Å². The first-order chi connectivity index (χ1) is 6.79. The molecule has 0 heterocycles. The Bertz CT molecular complexity index is 192. The minimum Gasteiger partial charge on any atom is -0.198 e. The summed E-state index contributed by atoms with van der Waals surface area (Å²) >= 11 is 0. The zero-order valence-electron chi connectivity index (χ0n) is 9.68. The van der Waals surface area contributed by atoms with E-state index in [1.54, 1.807) is 0 Å². The van der Waals surface area contributed by atoms with Gasteiger partial charge in [0.1, 0.15) is 0 Å². The summed E-state index contributed by atoms with van der Waals surface area (Å²) in [4.78, 5) is 0. The summed E-state index contributed by atoms with van der Waals surface area (Å²) in [6, 6.07) is 2.32. The van der Waals surface area contributed by atoms with Gasteiger partial charge in [-0.25, -0.2) is 0 Å². The molecule has 0 amide bonds. The molecule has 1 aliphatic carbocycles. The molecule has 0 saturated heterocycles. The first-order valence-electron chi connectivity index (χ1n) is 6.16. The van der Waals surface area contributed by atoms with Crippen molar-refractivity contribution in [2.45, 2.75) is 65.2 Å². The zero-order chi connectivity index (χ0) is 10.4. The van der Waals surface area contributed by atoms with Crippen LogP contribution in [0.5, 0.6) is 0 Å². The highest BCUT2D eigenvalue weighted by molar-refractivity contribution is 4.91. The summed E-state index contributed by atoms with van der Waals surface area (Å²) in [5.41, 5.74) is 0.541. The molecule has 1 saturated carbocycles.